The van der Waals surface area contributed by atoms with Gasteiger partial charge in [-0.1, -0.05) is 23.8 Å². The molecular weight excluding hydrogens is 330 g/mol. The first-order valence-corrected chi connectivity index (χ1v) is 8.64. The Morgan fingerprint density at radius 3 is 2.42 bits per heavy atom. The molecule has 5 nitrogen and oxygen atoms in total. The summed E-state index contributed by atoms with van der Waals surface area (Å²) in [4.78, 5) is 24.4. The van der Waals surface area contributed by atoms with E-state index in [4.69, 9.17) is 9.47 Å². The van der Waals surface area contributed by atoms with E-state index in [2.05, 4.69) is 5.32 Å². The van der Waals surface area contributed by atoms with E-state index in [1.54, 1.807) is 32.0 Å². The standard InChI is InChI=1S/C21H25NO4/c1-6-25-21(24)17-9-8-14(3)18(12-17)22-20(23)16(5)26-19-10-7-13(2)11-15(19)4/h7-12,16H,6H2,1-5H3,(H,22,23)/t16-/m0/s1. The topological polar surface area (TPSA) is 64.6 Å². The second kappa shape index (κ2) is 8.52. The summed E-state index contributed by atoms with van der Waals surface area (Å²) in [6.07, 6.45) is -0.679. The Hall–Kier alpha value is -2.82. The Morgan fingerprint density at radius 2 is 1.77 bits per heavy atom. The quantitative estimate of drug-likeness (QED) is 0.789. The molecule has 2 aromatic carbocycles. The van der Waals surface area contributed by atoms with Crippen molar-refractivity contribution in [1.29, 1.82) is 0 Å². The molecule has 0 aromatic heterocycles. The minimum atomic E-state index is -0.679. The van der Waals surface area contributed by atoms with Crippen molar-refractivity contribution in [2.45, 2.75) is 40.7 Å². The number of hydrogen-bond acceptors (Lipinski definition) is 4. The van der Waals surface area contributed by atoms with Crippen molar-refractivity contribution in [2.24, 2.45) is 0 Å². The van der Waals surface area contributed by atoms with E-state index in [-0.39, 0.29) is 5.91 Å². The van der Waals surface area contributed by atoms with Crippen LogP contribution in [0.1, 0.15) is 40.9 Å². The summed E-state index contributed by atoms with van der Waals surface area (Å²) in [6.45, 7) is 9.56. The van der Waals surface area contributed by atoms with E-state index in [1.165, 1.54) is 0 Å². The molecule has 138 valence electrons. The van der Waals surface area contributed by atoms with Gasteiger partial charge < -0.3 is 14.8 Å². The molecule has 0 fully saturated rings. The zero-order chi connectivity index (χ0) is 19.3. The minimum Gasteiger partial charge on any atom is -0.481 e. The molecule has 1 N–H and O–H groups in total. The molecule has 0 saturated heterocycles. The molecule has 0 saturated carbocycles. The lowest BCUT2D eigenvalue weighted by atomic mass is 10.1. The predicted molar refractivity (Wildman–Crippen MR) is 102 cm³/mol. The molecule has 0 aliphatic rings. The molecule has 0 aliphatic heterocycles. The van der Waals surface area contributed by atoms with Gasteiger partial charge in [-0.2, -0.15) is 0 Å². The molecule has 26 heavy (non-hydrogen) atoms. The number of ether oxygens (including phenoxy) is 2. The smallest absolute Gasteiger partial charge is 0.338 e. The van der Waals surface area contributed by atoms with Crippen molar-refractivity contribution >= 4 is 17.6 Å². The first-order chi connectivity index (χ1) is 12.3. The largest absolute Gasteiger partial charge is 0.481 e. The molecule has 0 aliphatic carbocycles. The fourth-order valence-corrected chi connectivity index (χ4v) is 2.51. The summed E-state index contributed by atoms with van der Waals surface area (Å²) in [6, 6.07) is 10.9. The average molecular weight is 355 g/mol. The summed E-state index contributed by atoms with van der Waals surface area (Å²) in [5.41, 5.74) is 3.93. The zero-order valence-corrected chi connectivity index (χ0v) is 15.9. The number of benzene rings is 2. The van der Waals surface area contributed by atoms with Crippen molar-refractivity contribution in [3.05, 3.63) is 58.7 Å². The van der Waals surface area contributed by atoms with Crippen LogP contribution in [-0.4, -0.2) is 24.6 Å². The SMILES string of the molecule is CCOC(=O)c1ccc(C)c(NC(=O)[C@H](C)Oc2ccc(C)cc2C)c1. The lowest BCUT2D eigenvalue weighted by Crippen LogP contribution is -2.30. The number of esters is 1. The fourth-order valence-electron chi connectivity index (χ4n) is 2.51. The summed E-state index contributed by atoms with van der Waals surface area (Å²) in [5.74, 6) is -0.0214. The van der Waals surface area contributed by atoms with Crippen LogP contribution in [0.3, 0.4) is 0 Å². The third-order valence-electron chi connectivity index (χ3n) is 4.01. The molecule has 1 amide bonds. The maximum Gasteiger partial charge on any atom is 0.338 e. The van der Waals surface area contributed by atoms with Crippen LogP contribution in [0.15, 0.2) is 36.4 Å². The highest BCUT2D eigenvalue weighted by atomic mass is 16.5. The van der Waals surface area contributed by atoms with Crippen molar-refractivity contribution in [1.82, 2.24) is 0 Å². The van der Waals surface area contributed by atoms with Gasteiger partial charge in [0.2, 0.25) is 0 Å². The maximum absolute atomic E-state index is 12.5. The minimum absolute atomic E-state index is 0.283. The number of carbonyl (C=O) groups is 2. The van der Waals surface area contributed by atoms with E-state index < -0.39 is 12.1 Å². The first kappa shape index (κ1) is 19.5. The van der Waals surface area contributed by atoms with Gasteiger partial charge >= 0.3 is 5.97 Å². The van der Waals surface area contributed by atoms with Crippen LogP contribution in [0.5, 0.6) is 5.75 Å². The molecule has 5 heteroatoms. The molecule has 0 heterocycles. The van der Waals surface area contributed by atoms with Gasteiger partial charge in [-0.3, -0.25) is 4.79 Å². The number of anilines is 1. The van der Waals surface area contributed by atoms with Gasteiger partial charge in [0.1, 0.15) is 5.75 Å². The Labute approximate surface area is 154 Å². The van der Waals surface area contributed by atoms with Gasteiger partial charge in [0.25, 0.3) is 5.91 Å². The molecule has 0 spiro atoms. The predicted octanol–water partition coefficient (Wildman–Crippen LogP) is 4.19. The maximum atomic E-state index is 12.5. The molecule has 0 bridgehead atoms. The third-order valence-corrected chi connectivity index (χ3v) is 4.01. The number of nitrogens with one attached hydrogen (secondary N) is 1. The molecule has 0 radical (unpaired) electrons. The van der Waals surface area contributed by atoms with Gasteiger partial charge in [-0.05, 0) is 63.9 Å². The average Bonchev–Trinajstić information content (AvgIpc) is 2.59. The van der Waals surface area contributed by atoms with Crippen LogP contribution in [0.4, 0.5) is 5.69 Å². The molecule has 2 rings (SSSR count). The number of hydrogen-bond donors (Lipinski definition) is 1. The van der Waals surface area contributed by atoms with Gasteiger partial charge in [0.05, 0.1) is 12.2 Å². The van der Waals surface area contributed by atoms with Crippen LogP contribution in [0.25, 0.3) is 0 Å². The normalized spacial score (nSPS) is 11.6. The number of carbonyl (C=O) groups excluding carboxylic acids is 2. The molecule has 2 aromatic rings. The molecule has 1 atom stereocenters. The lowest BCUT2D eigenvalue weighted by molar-refractivity contribution is -0.122. The van der Waals surface area contributed by atoms with Gasteiger partial charge in [0.15, 0.2) is 6.10 Å². The summed E-state index contributed by atoms with van der Waals surface area (Å²) >= 11 is 0. The number of amides is 1. The van der Waals surface area contributed by atoms with Crippen molar-refractivity contribution in [2.75, 3.05) is 11.9 Å². The van der Waals surface area contributed by atoms with E-state index >= 15 is 0 Å². The van der Waals surface area contributed by atoms with Gasteiger partial charge in [0, 0.05) is 5.69 Å². The summed E-state index contributed by atoms with van der Waals surface area (Å²) in [5, 5.41) is 2.83. The van der Waals surface area contributed by atoms with Crippen molar-refractivity contribution in [3.8, 4) is 5.75 Å². The van der Waals surface area contributed by atoms with Crippen LogP contribution < -0.4 is 10.1 Å². The Balaban J connectivity index is 2.10. The van der Waals surface area contributed by atoms with E-state index in [9.17, 15) is 9.59 Å². The van der Waals surface area contributed by atoms with Crippen LogP contribution >= 0.6 is 0 Å². The highest BCUT2D eigenvalue weighted by molar-refractivity contribution is 5.97. The van der Waals surface area contributed by atoms with Crippen LogP contribution in [-0.2, 0) is 9.53 Å². The monoisotopic (exact) mass is 355 g/mol. The van der Waals surface area contributed by atoms with Crippen LogP contribution in [0.2, 0.25) is 0 Å². The van der Waals surface area contributed by atoms with Gasteiger partial charge in [-0.25, -0.2) is 4.79 Å². The Kier molecular flexibility index (Phi) is 6.39. The first-order valence-electron chi connectivity index (χ1n) is 8.64. The second-order valence-electron chi connectivity index (χ2n) is 6.27. The lowest BCUT2D eigenvalue weighted by Gasteiger charge is -2.17. The molecular formula is C21H25NO4. The highest BCUT2D eigenvalue weighted by Crippen LogP contribution is 2.22. The third kappa shape index (κ3) is 4.85. The fraction of sp³-hybridized carbons (Fsp3) is 0.333. The van der Waals surface area contributed by atoms with E-state index in [1.807, 2.05) is 39.0 Å². The molecule has 0 unspecified atom stereocenters. The number of aryl methyl sites for hydroxylation is 3. The Bertz CT molecular complexity index is 814. The number of rotatable bonds is 6. The zero-order valence-electron chi connectivity index (χ0n) is 15.9. The second-order valence-corrected chi connectivity index (χ2v) is 6.27. The van der Waals surface area contributed by atoms with E-state index in [0.29, 0.717) is 23.6 Å². The van der Waals surface area contributed by atoms with Crippen molar-refractivity contribution in [3.63, 3.8) is 0 Å². The van der Waals surface area contributed by atoms with Crippen molar-refractivity contribution < 1.29 is 19.1 Å². The summed E-state index contributed by atoms with van der Waals surface area (Å²) < 4.78 is 10.8. The summed E-state index contributed by atoms with van der Waals surface area (Å²) in [7, 11) is 0. The van der Waals surface area contributed by atoms with Crippen LogP contribution in [0, 0.1) is 20.8 Å². The highest BCUT2D eigenvalue weighted by Gasteiger charge is 2.18. The Morgan fingerprint density at radius 1 is 1.04 bits per heavy atom. The van der Waals surface area contributed by atoms with E-state index in [0.717, 1.165) is 16.7 Å². The van der Waals surface area contributed by atoms with Gasteiger partial charge in [-0.15, -0.1) is 0 Å².